The van der Waals surface area contributed by atoms with Gasteiger partial charge in [-0.3, -0.25) is 9.59 Å². The molecular formula is C18H30N2O2. The molecule has 0 aromatic carbocycles. The highest BCUT2D eigenvalue weighted by atomic mass is 16.2. The van der Waals surface area contributed by atoms with Crippen molar-refractivity contribution < 1.29 is 9.59 Å². The number of rotatable bonds is 7. The molecule has 1 fully saturated rings. The Kier molecular flexibility index (Phi) is 6.94. The molecule has 0 aromatic heterocycles. The predicted molar refractivity (Wildman–Crippen MR) is 88.4 cm³/mol. The fourth-order valence-electron chi connectivity index (χ4n) is 3.62. The molecule has 0 radical (unpaired) electrons. The Labute approximate surface area is 134 Å². The number of allylic oxidation sites excluding steroid dienone is 1. The van der Waals surface area contributed by atoms with E-state index in [1.54, 1.807) is 6.92 Å². The van der Waals surface area contributed by atoms with E-state index in [0.29, 0.717) is 19.0 Å². The van der Waals surface area contributed by atoms with Crippen LogP contribution in [0.5, 0.6) is 0 Å². The zero-order chi connectivity index (χ0) is 15.8. The van der Waals surface area contributed by atoms with Crippen LogP contribution in [0.1, 0.15) is 71.1 Å². The number of carbonyl (C=O) groups excluding carboxylic acids is 2. The minimum atomic E-state index is 0.0701. The second kappa shape index (κ2) is 8.96. The predicted octanol–water partition coefficient (Wildman–Crippen LogP) is 3.17. The van der Waals surface area contributed by atoms with E-state index in [9.17, 15) is 9.59 Å². The molecule has 0 aromatic rings. The first kappa shape index (κ1) is 17.0. The normalized spacial score (nSPS) is 18.9. The van der Waals surface area contributed by atoms with E-state index < -0.39 is 0 Å². The van der Waals surface area contributed by atoms with E-state index in [4.69, 9.17) is 0 Å². The standard InChI is InChI=1S/C18H30N2O2/c1-15(21)20(17-9-5-6-10-17)14-12-18(22)19-13-11-16-7-3-2-4-8-16/h7,17H,2-6,8-14H2,1H3,(H,19,22). The maximum atomic E-state index is 12.0. The second-order valence-corrected chi connectivity index (χ2v) is 6.61. The summed E-state index contributed by atoms with van der Waals surface area (Å²) in [6, 6.07) is 0.359. The minimum Gasteiger partial charge on any atom is -0.356 e. The van der Waals surface area contributed by atoms with Gasteiger partial charge in [0.2, 0.25) is 11.8 Å². The second-order valence-electron chi connectivity index (χ2n) is 6.61. The van der Waals surface area contributed by atoms with Gasteiger partial charge >= 0.3 is 0 Å². The van der Waals surface area contributed by atoms with Gasteiger partial charge in [0.15, 0.2) is 0 Å². The summed E-state index contributed by atoms with van der Waals surface area (Å²) >= 11 is 0. The van der Waals surface area contributed by atoms with E-state index in [2.05, 4.69) is 11.4 Å². The summed E-state index contributed by atoms with van der Waals surface area (Å²) in [5.74, 6) is 0.174. The summed E-state index contributed by atoms with van der Waals surface area (Å²) < 4.78 is 0. The summed E-state index contributed by atoms with van der Waals surface area (Å²) in [5.41, 5.74) is 1.49. The molecule has 0 atom stereocenters. The molecule has 2 aliphatic carbocycles. The molecule has 124 valence electrons. The van der Waals surface area contributed by atoms with Crippen LogP contribution in [0.15, 0.2) is 11.6 Å². The maximum Gasteiger partial charge on any atom is 0.221 e. The van der Waals surface area contributed by atoms with Crippen molar-refractivity contribution >= 4 is 11.8 Å². The smallest absolute Gasteiger partial charge is 0.221 e. The number of hydrogen-bond donors (Lipinski definition) is 1. The van der Waals surface area contributed by atoms with E-state index in [0.717, 1.165) is 25.8 Å². The van der Waals surface area contributed by atoms with Crippen LogP contribution in [0.25, 0.3) is 0 Å². The molecule has 0 bridgehead atoms. The largest absolute Gasteiger partial charge is 0.356 e. The van der Waals surface area contributed by atoms with Gasteiger partial charge in [0.25, 0.3) is 0 Å². The topological polar surface area (TPSA) is 49.4 Å². The Morgan fingerprint density at radius 3 is 2.64 bits per heavy atom. The molecule has 0 saturated heterocycles. The summed E-state index contributed by atoms with van der Waals surface area (Å²) in [4.78, 5) is 25.6. The Morgan fingerprint density at radius 1 is 1.23 bits per heavy atom. The molecule has 0 unspecified atom stereocenters. The molecule has 4 heteroatoms. The van der Waals surface area contributed by atoms with Crippen LogP contribution in [0.3, 0.4) is 0 Å². The zero-order valence-electron chi connectivity index (χ0n) is 13.9. The molecule has 0 aliphatic heterocycles. The van der Waals surface area contributed by atoms with Gasteiger partial charge in [0.1, 0.15) is 0 Å². The lowest BCUT2D eigenvalue weighted by atomic mass is 9.97. The highest BCUT2D eigenvalue weighted by molar-refractivity contribution is 5.78. The van der Waals surface area contributed by atoms with Crippen LogP contribution >= 0.6 is 0 Å². The highest BCUT2D eigenvalue weighted by Crippen LogP contribution is 2.23. The average Bonchev–Trinajstić information content (AvgIpc) is 3.02. The van der Waals surface area contributed by atoms with Crippen molar-refractivity contribution in [2.24, 2.45) is 0 Å². The van der Waals surface area contributed by atoms with Crippen molar-refractivity contribution in [3.05, 3.63) is 11.6 Å². The molecule has 4 nitrogen and oxygen atoms in total. The fourth-order valence-corrected chi connectivity index (χ4v) is 3.62. The van der Waals surface area contributed by atoms with Gasteiger partial charge in [0, 0.05) is 32.5 Å². The molecular weight excluding hydrogens is 276 g/mol. The van der Waals surface area contributed by atoms with Gasteiger partial charge in [-0.05, 0) is 44.9 Å². The lowest BCUT2D eigenvalue weighted by Gasteiger charge is -2.27. The molecule has 22 heavy (non-hydrogen) atoms. The van der Waals surface area contributed by atoms with Gasteiger partial charge in [-0.1, -0.05) is 24.5 Å². The first-order valence-corrected chi connectivity index (χ1v) is 8.88. The number of carbonyl (C=O) groups is 2. The Balaban J connectivity index is 1.65. The molecule has 0 spiro atoms. The quantitative estimate of drug-likeness (QED) is 0.734. The van der Waals surface area contributed by atoms with Crippen molar-refractivity contribution in [2.45, 2.75) is 77.2 Å². The summed E-state index contributed by atoms with van der Waals surface area (Å²) in [7, 11) is 0. The van der Waals surface area contributed by atoms with Crippen molar-refractivity contribution in [3.63, 3.8) is 0 Å². The van der Waals surface area contributed by atoms with Crippen molar-refractivity contribution in [1.82, 2.24) is 10.2 Å². The van der Waals surface area contributed by atoms with Crippen LogP contribution in [-0.4, -0.2) is 35.8 Å². The van der Waals surface area contributed by atoms with Crippen LogP contribution in [0, 0.1) is 0 Å². The fraction of sp³-hybridized carbons (Fsp3) is 0.778. The summed E-state index contributed by atoms with van der Waals surface area (Å²) in [5, 5.41) is 3.00. The Hall–Kier alpha value is -1.32. The van der Waals surface area contributed by atoms with Crippen molar-refractivity contribution in [2.75, 3.05) is 13.1 Å². The van der Waals surface area contributed by atoms with Gasteiger partial charge in [-0.25, -0.2) is 0 Å². The van der Waals surface area contributed by atoms with Crippen LogP contribution < -0.4 is 5.32 Å². The SMILES string of the molecule is CC(=O)N(CCC(=O)NCCC1=CCCCC1)C1CCCC1. The van der Waals surface area contributed by atoms with Gasteiger partial charge < -0.3 is 10.2 Å². The first-order chi connectivity index (χ1) is 10.7. The first-order valence-electron chi connectivity index (χ1n) is 8.88. The Morgan fingerprint density at radius 2 is 2.00 bits per heavy atom. The molecule has 2 aliphatic rings. The van der Waals surface area contributed by atoms with E-state index in [1.165, 1.54) is 44.1 Å². The zero-order valence-corrected chi connectivity index (χ0v) is 13.9. The Bertz CT molecular complexity index is 411. The monoisotopic (exact) mass is 306 g/mol. The molecule has 1 saturated carbocycles. The van der Waals surface area contributed by atoms with Gasteiger partial charge in [-0.2, -0.15) is 0 Å². The van der Waals surface area contributed by atoms with Gasteiger partial charge in [0.05, 0.1) is 0 Å². The van der Waals surface area contributed by atoms with Gasteiger partial charge in [-0.15, -0.1) is 0 Å². The minimum absolute atomic E-state index is 0.0701. The molecule has 1 N–H and O–H groups in total. The highest BCUT2D eigenvalue weighted by Gasteiger charge is 2.24. The summed E-state index contributed by atoms with van der Waals surface area (Å²) in [6.07, 6.45) is 13.3. The van der Waals surface area contributed by atoms with E-state index in [-0.39, 0.29) is 11.8 Å². The van der Waals surface area contributed by atoms with Crippen LogP contribution in [0.4, 0.5) is 0 Å². The third-order valence-electron chi connectivity index (χ3n) is 4.90. The van der Waals surface area contributed by atoms with Crippen LogP contribution in [-0.2, 0) is 9.59 Å². The third-order valence-corrected chi connectivity index (χ3v) is 4.90. The van der Waals surface area contributed by atoms with E-state index >= 15 is 0 Å². The lowest BCUT2D eigenvalue weighted by Crippen LogP contribution is -2.40. The molecule has 2 rings (SSSR count). The summed E-state index contributed by atoms with van der Waals surface area (Å²) in [6.45, 7) is 2.91. The number of amides is 2. The molecule has 0 heterocycles. The van der Waals surface area contributed by atoms with Crippen molar-refractivity contribution in [3.8, 4) is 0 Å². The average molecular weight is 306 g/mol. The third kappa shape index (κ3) is 5.47. The maximum absolute atomic E-state index is 12.0. The number of hydrogen-bond acceptors (Lipinski definition) is 2. The van der Waals surface area contributed by atoms with Crippen LogP contribution in [0.2, 0.25) is 0 Å². The lowest BCUT2D eigenvalue weighted by molar-refractivity contribution is -0.131. The van der Waals surface area contributed by atoms with Crippen molar-refractivity contribution in [1.29, 1.82) is 0 Å². The number of nitrogens with one attached hydrogen (secondary N) is 1. The molecule has 2 amide bonds. The number of nitrogens with zero attached hydrogens (tertiary/aromatic N) is 1. The van der Waals surface area contributed by atoms with E-state index in [1.807, 2.05) is 4.90 Å².